The van der Waals surface area contributed by atoms with E-state index in [2.05, 4.69) is 10.5 Å². The molecule has 1 rings (SSSR count). The van der Waals surface area contributed by atoms with Crippen LogP contribution in [0.4, 0.5) is 5.69 Å². The summed E-state index contributed by atoms with van der Waals surface area (Å²) in [4.78, 5) is 11.6. The topological polar surface area (TPSA) is 70.9 Å². The molecule has 0 saturated carbocycles. The number of aryl methyl sites for hydroxylation is 2. The third-order valence-electron chi connectivity index (χ3n) is 2.46. The number of oxime groups is 1. The van der Waals surface area contributed by atoms with Gasteiger partial charge in [-0.25, -0.2) is 0 Å². The summed E-state index contributed by atoms with van der Waals surface area (Å²) in [5, 5.41) is 14.1. The van der Waals surface area contributed by atoms with E-state index in [1.54, 1.807) is 7.11 Å². The molecule has 0 bridgehead atoms. The predicted molar refractivity (Wildman–Crippen MR) is 66.0 cm³/mol. The number of benzene rings is 1. The highest BCUT2D eigenvalue weighted by Gasteiger charge is 2.11. The zero-order chi connectivity index (χ0) is 13.0. The van der Waals surface area contributed by atoms with Crippen molar-refractivity contribution in [3.8, 4) is 5.75 Å². The molecule has 0 saturated heterocycles. The Morgan fingerprint density at radius 2 is 1.88 bits per heavy atom. The van der Waals surface area contributed by atoms with E-state index in [1.807, 2.05) is 26.0 Å². The van der Waals surface area contributed by atoms with Gasteiger partial charge in [-0.2, -0.15) is 0 Å². The first-order valence-electron chi connectivity index (χ1n) is 5.14. The molecule has 92 valence electrons. The summed E-state index contributed by atoms with van der Waals surface area (Å²) < 4.78 is 5.13. The predicted octanol–water partition coefficient (Wildman–Crippen LogP) is 2.10. The van der Waals surface area contributed by atoms with Gasteiger partial charge in [0.15, 0.2) is 0 Å². The summed E-state index contributed by atoms with van der Waals surface area (Å²) in [6.07, 6.45) is 0. The first kappa shape index (κ1) is 13.0. The number of hydrogen-bond donors (Lipinski definition) is 2. The summed E-state index contributed by atoms with van der Waals surface area (Å²) in [6.45, 7) is 5.18. The van der Waals surface area contributed by atoms with E-state index in [9.17, 15) is 4.79 Å². The van der Waals surface area contributed by atoms with Gasteiger partial charge in [-0.05, 0) is 44.0 Å². The quantitative estimate of drug-likeness (QED) is 0.479. The smallest absolute Gasteiger partial charge is 0.273 e. The van der Waals surface area contributed by atoms with Gasteiger partial charge in [0.1, 0.15) is 11.5 Å². The van der Waals surface area contributed by atoms with Crippen LogP contribution in [0.15, 0.2) is 17.3 Å². The summed E-state index contributed by atoms with van der Waals surface area (Å²) in [7, 11) is 1.59. The monoisotopic (exact) mass is 236 g/mol. The lowest BCUT2D eigenvalue weighted by molar-refractivity contribution is -0.110. The fourth-order valence-electron chi connectivity index (χ4n) is 1.49. The molecule has 1 aromatic carbocycles. The molecular formula is C12H16N2O3. The third kappa shape index (κ3) is 2.96. The average Bonchev–Trinajstić information content (AvgIpc) is 2.31. The Morgan fingerprint density at radius 3 is 2.29 bits per heavy atom. The normalized spacial score (nSPS) is 11.2. The second kappa shape index (κ2) is 5.34. The lowest BCUT2D eigenvalue weighted by atomic mass is 10.1. The molecule has 0 heterocycles. The Labute approximate surface area is 100 Å². The fraction of sp³-hybridized carbons (Fsp3) is 0.333. The number of hydrogen-bond acceptors (Lipinski definition) is 4. The zero-order valence-corrected chi connectivity index (χ0v) is 10.4. The van der Waals surface area contributed by atoms with Crippen LogP contribution in [0.1, 0.15) is 18.1 Å². The molecule has 0 aliphatic carbocycles. The molecule has 0 aliphatic rings. The van der Waals surface area contributed by atoms with E-state index >= 15 is 0 Å². The zero-order valence-electron chi connectivity index (χ0n) is 10.4. The van der Waals surface area contributed by atoms with E-state index in [-0.39, 0.29) is 5.71 Å². The number of amides is 1. The van der Waals surface area contributed by atoms with Gasteiger partial charge in [-0.1, -0.05) is 5.16 Å². The molecule has 0 atom stereocenters. The van der Waals surface area contributed by atoms with Crippen LogP contribution in [-0.4, -0.2) is 23.9 Å². The van der Waals surface area contributed by atoms with Crippen molar-refractivity contribution in [3.63, 3.8) is 0 Å². The Bertz CT molecular complexity index is 444. The maximum absolute atomic E-state index is 11.6. The molecule has 0 radical (unpaired) electrons. The summed E-state index contributed by atoms with van der Waals surface area (Å²) in [5.41, 5.74) is 2.50. The lowest BCUT2D eigenvalue weighted by Crippen LogP contribution is -2.21. The highest BCUT2D eigenvalue weighted by molar-refractivity contribution is 6.42. The third-order valence-corrected chi connectivity index (χ3v) is 2.46. The van der Waals surface area contributed by atoms with Gasteiger partial charge in [0.2, 0.25) is 0 Å². The molecule has 1 amide bonds. The number of nitrogens with one attached hydrogen (secondary N) is 1. The molecule has 0 unspecified atom stereocenters. The van der Waals surface area contributed by atoms with Gasteiger partial charge < -0.3 is 15.3 Å². The fourth-order valence-corrected chi connectivity index (χ4v) is 1.49. The van der Waals surface area contributed by atoms with Crippen molar-refractivity contribution in [1.82, 2.24) is 0 Å². The van der Waals surface area contributed by atoms with Gasteiger partial charge in [0.05, 0.1) is 7.11 Å². The molecular weight excluding hydrogens is 220 g/mol. The van der Waals surface area contributed by atoms with Gasteiger partial charge in [0, 0.05) is 5.69 Å². The molecule has 5 heteroatoms. The Morgan fingerprint density at radius 1 is 1.35 bits per heavy atom. The first-order valence-corrected chi connectivity index (χ1v) is 5.14. The lowest BCUT2D eigenvalue weighted by Gasteiger charge is -2.12. The van der Waals surface area contributed by atoms with Crippen molar-refractivity contribution in [2.45, 2.75) is 20.8 Å². The van der Waals surface area contributed by atoms with Crippen molar-refractivity contribution >= 4 is 17.3 Å². The summed E-state index contributed by atoms with van der Waals surface area (Å²) in [6, 6.07) is 3.65. The van der Waals surface area contributed by atoms with Crippen molar-refractivity contribution in [1.29, 1.82) is 0 Å². The second-order valence-electron chi connectivity index (χ2n) is 3.78. The van der Waals surface area contributed by atoms with E-state index in [0.717, 1.165) is 16.9 Å². The van der Waals surface area contributed by atoms with Crippen molar-refractivity contribution in [3.05, 3.63) is 23.3 Å². The van der Waals surface area contributed by atoms with Crippen molar-refractivity contribution in [2.75, 3.05) is 12.4 Å². The highest BCUT2D eigenvalue weighted by atomic mass is 16.5. The molecule has 0 aromatic heterocycles. The van der Waals surface area contributed by atoms with Crippen LogP contribution in [0.2, 0.25) is 0 Å². The SMILES string of the molecule is COc1cc(C)c(NC(=O)/C(C)=N\O)c(C)c1. The van der Waals surface area contributed by atoms with Gasteiger partial charge >= 0.3 is 0 Å². The van der Waals surface area contributed by atoms with Crippen LogP contribution < -0.4 is 10.1 Å². The largest absolute Gasteiger partial charge is 0.497 e. The first-order chi connectivity index (χ1) is 7.99. The van der Waals surface area contributed by atoms with Gasteiger partial charge in [-0.3, -0.25) is 4.79 Å². The molecule has 0 aliphatic heterocycles. The van der Waals surface area contributed by atoms with E-state index < -0.39 is 5.91 Å². The highest BCUT2D eigenvalue weighted by Crippen LogP contribution is 2.26. The summed E-state index contributed by atoms with van der Waals surface area (Å²) >= 11 is 0. The Balaban J connectivity index is 3.04. The Hall–Kier alpha value is -2.04. The number of ether oxygens (including phenoxy) is 1. The van der Waals surface area contributed by atoms with Crippen LogP contribution >= 0.6 is 0 Å². The van der Waals surface area contributed by atoms with Crippen molar-refractivity contribution < 1.29 is 14.7 Å². The number of carbonyl (C=O) groups excluding carboxylic acids is 1. The van der Waals surface area contributed by atoms with Crippen LogP contribution in [0.5, 0.6) is 5.75 Å². The number of rotatable bonds is 3. The molecule has 2 N–H and O–H groups in total. The number of methoxy groups -OCH3 is 1. The number of carbonyl (C=O) groups is 1. The Kier molecular flexibility index (Phi) is 4.09. The minimum atomic E-state index is -0.427. The molecule has 5 nitrogen and oxygen atoms in total. The summed E-state index contributed by atoms with van der Waals surface area (Å²) in [5.74, 6) is 0.314. The standard InChI is InChI=1S/C12H16N2O3/c1-7-5-10(17-4)6-8(2)11(7)13-12(15)9(3)14-16/h5-6,16H,1-4H3,(H,13,15)/b14-9-. The van der Waals surface area contributed by atoms with E-state index in [1.165, 1.54) is 6.92 Å². The van der Waals surface area contributed by atoms with E-state index in [0.29, 0.717) is 5.69 Å². The molecule has 1 aromatic rings. The number of anilines is 1. The maximum atomic E-state index is 11.6. The minimum absolute atomic E-state index is 0.0135. The van der Waals surface area contributed by atoms with Crippen LogP contribution in [-0.2, 0) is 4.79 Å². The second-order valence-corrected chi connectivity index (χ2v) is 3.78. The van der Waals surface area contributed by atoms with Crippen LogP contribution in [0.3, 0.4) is 0 Å². The molecule has 0 spiro atoms. The molecule has 17 heavy (non-hydrogen) atoms. The minimum Gasteiger partial charge on any atom is -0.497 e. The average molecular weight is 236 g/mol. The van der Waals surface area contributed by atoms with Crippen LogP contribution in [0, 0.1) is 13.8 Å². The van der Waals surface area contributed by atoms with Crippen LogP contribution in [0.25, 0.3) is 0 Å². The van der Waals surface area contributed by atoms with Crippen molar-refractivity contribution in [2.24, 2.45) is 5.16 Å². The van der Waals surface area contributed by atoms with Gasteiger partial charge in [-0.15, -0.1) is 0 Å². The molecule has 0 fully saturated rings. The maximum Gasteiger partial charge on any atom is 0.273 e. The number of nitrogens with zero attached hydrogens (tertiary/aromatic N) is 1. The van der Waals surface area contributed by atoms with Gasteiger partial charge in [0.25, 0.3) is 5.91 Å². The van der Waals surface area contributed by atoms with E-state index in [4.69, 9.17) is 9.94 Å².